The third-order valence-corrected chi connectivity index (χ3v) is 4.39. The van der Waals surface area contributed by atoms with Gasteiger partial charge in [0.25, 0.3) is 0 Å². The summed E-state index contributed by atoms with van der Waals surface area (Å²) in [5, 5.41) is 3.56. The number of hydrogen-bond donors (Lipinski definition) is 3. The van der Waals surface area contributed by atoms with Crippen LogP contribution in [0, 0.1) is 11.8 Å². The number of carbonyl (C=O) groups excluding carboxylic acids is 1. The summed E-state index contributed by atoms with van der Waals surface area (Å²) in [7, 11) is 0. The van der Waals surface area contributed by atoms with Crippen LogP contribution in [0.15, 0.2) is 24.3 Å². The van der Waals surface area contributed by atoms with Gasteiger partial charge in [-0.15, -0.1) is 0 Å². The van der Waals surface area contributed by atoms with E-state index < -0.39 is 0 Å². The Balaban J connectivity index is 1.76. The van der Waals surface area contributed by atoms with E-state index in [1.165, 1.54) is 12.8 Å². The average Bonchev–Trinajstić information content (AvgIpc) is 2.77. The highest BCUT2D eigenvalue weighted by Gasteiger charge is 2.45. The van der Waals surface area contributed by atoms with Gasteiger partial charge in [0.05, 0.1) is 5.92 Å². The molecule has 2 saturated heterocycles. The van der Waals surface area contributed by atoms with E-state index in [1.54, 1.807) is 0 Å². The fourth-order valence-electron chi connectivity index (χ4n) is 3.40. The second kappa shape index (κ2) is 5.24. The average molecular weight is 247 g/mol. The SMILES string of the molecule is O=C1NNC2C1CNC1C/C=C\C=C/CCCC12. The molecule has 0 aromatic heterocycles. The Kier molecular flexibility index (Phi) is 3.48. The second-order valence-corrected chi connectivity index (χ2v) is 5.47. The molecular formula is C14H21N3O. The Morgan fingerprint density at radius 2 is 2.11 bits per heavy atom. The van der Waals surface area contributed by atoms with Gasteiger partial charge < -0.3 is 5.32 Å². The van der Waals surface area contributed by atoms with Gasteiger partial charge in [-0.2, -0.15) is 0 Å². The van der Waals surface area contributed by atoms with Crippen molar-refractivity contribution in [2.24, 2.45) is 11.8 Å². The van der Waals surface area contributed by atoms with Crippen molar-refractivity contribution in [3.63, 3.8) is 0 Å². The molecule has 0 spiro atoms. The number of fused-ring (bicyclic) bond motifs is 3. The van der Waals surface area contributed by atoms with Crippen LogP contribution in [0.4, 0.5) is 0 Å². The van der Waals surface area contributed by atoms with E-state index >= 15 is 0 Å². The Bertz CT molecular complexity index is 377. The number of hydrogen-bond acceptors (Lipinski definition) is 3. The van der Waals surface area contributed by atoms with Crippen LogP contribution in [-0.2, 0) is 4.79 Å². The predicted molar refractivity (Wildman–Crippen MR) is 70.6 cm³/mol. The molecule has 98 valence electrons. The zero-order valence-corrected chi connectivity index (χ0v) is 10.6. The van der Waals surface area contributed by atoms with Crippen molar-refractivity contribution >= 4 is 5.91 Å². The van der Waals surface area contributed by atoms with Gasteiger partial charge >= 0.3 is 0 Å². The van der Waals surface area contributed by atoms with Crippen LogP contribution in [0.5, 0.6) is 0 Å². The molecule has 2 heterocycles. The van der Waals surface area contributed by atoms with Crippen LogP contribution in [0.1, 0.15) is 25.7 Å². The molecule has 0 aromatic rings. The lowest BCUT2D eigenvalue weighted by molar-refractivity contribution is -0.123. The summed E-state index contributed by atoms with van der Waals surface area (Å²) in [6, 6.07) is 0.801. The Morgan fingerprint density at radius 3 is 3.06 bits per heavy atom. The van der Waals surface area contributed by atoms with E-state index in [1.807, 2.05) is 0 Å². The fourth-order valence-corrected chi connectivity index (χ4v) is 3.40. The first-order chi connectivity index (χ1) is 8.86. The van der Waals surface area contributed by atoms with Crippen molar-refractivity contribution in [3.8, 4) is 0 Å². The largest absolute Gasteiger partial charge is 0.312 e. The molecule has 1 aliphatic carbocycles. The molecule has 0 aromatic carbocycles. The molecule has 2 fully saturated rings. The molecule has 3 N–H and O–H groups in total. The van der Waals surface area contributed by atoms with Crippen LogP contribution < -0.4 is 16.2 Å². The van der Waals surface area contributed by atoms with Crippen LogP contribution in [0.25, 0.3) is 0 Å². The fraction of sp³-hybridized carbons (Fsp3) is 0.643. The molecule has 3 aliphatic rings. The summed E-state index contributed by atoms with van der Waals surface area (Å²) in [5.41, 5.74) is 6.01. The molecule has 0 bridgehead atoms. The van der Waals surface area contributed by atoms with Crippen molar-refractivity contribution in [2.75, 3.05) is 6.54 Å². The third kappa shape index (κ3) is 2.22. The highest BCUT2D eigenvalue weighted by molar-refractivity contribution is 5.81. The number of hydrazine groups is 1. The molecule has 18 heavy (non-hydrogen) atoms. The van der Waals surface area contributed by atoms with Crippen LogP contribution >= 0.6 is 0 Å². The third-order valence-electron chi connectivity index (χ3n) is 4.39. The van der Waals surface area contributed by atoms with Crippen molar-refractivity contribution in [1.82, 2.24) is 16.2 Å². The molecular weight excluding hydrogens is 226 g/mol. The number of piperidine rings is 1. The smallest absolute Gasteiger partial charge is 0.240 e. The van der Waals surface area contributed by atoms with Crippen molar-refractivity contribution in [3.05, 3.63) is 24.3 Å². The maximum absolute atomic E-state index is 11.7. The van der Waals surface area contributed by atoms with Crippen LogP contribution in [-0.4, -0.2) is 24.5 Å². The second-order valence-electron chi connectivity index (χ2n) is 5.47. The standard InChI is InChI=1S/C14H21N3O/c18-14-11-9-15-12-8-6-4-2-1-3-5-7-10(12)13(11)16-17-14/h1-2,4,6,10-13,15-16H,3,5,7-9H2,(H,17,18)/b2-1-,6-4-. The maximum atomic E-state index is 11.7. The first-order valence-corrected chi connectivity index (χ1v) is 6.96. The minimum absolute atomic E-state index is 0.105. The maximum Gasteiger partial charge on any atom is 0.240 e. The normalized spacial score (nSPS) is 43.4. The van der Waals surface area contributed by atoms with E-state index in [0.717, 1.165) is 19.4 Å². The first-order valence-electron chi connectivity index (χ1n) is 6.96. The van der Waals surface area contributed by atoms with E-state index in [4.69, 9.17) is 0 Å². The zero-order valence-electron chi connectivity index (χ0n) is 10.6. The Labute approximate surface area is 108 Å². The van der Waals surface area contributed by atoms with E-state index in [-0.39, 0.29) is 11.8 Å². The van der Waals surface area contributed by atoms with Crippen LogP contribution in [0.3, 0.4) is 0 Å². The van der Waals surface area contributed by atoms with Gasteiger partial charge in [0, 0.05) is 18.6 Å². The van der Waals surface area contributed by atoms with Gasteiger partial charge in [0.1, 0.15) is 0 Å². The zero-order chi connectivity index (χ0) is 12.4. The van der Waals surface area contributed by atoms with E-state index in [9.17, 15) is 4.79 Å². The summed E-state index contributed by atoms with van der Waals surface area (Å²) < 4.78 is 0. The molecule has 3 rings (SSSR count). The first kappa shape index (κ1) is 11.9. The number of nitrogens with one attached hydrogen (secondary N) is 3. The molecule has 4 unspecified atom stereocenters. The predicted octanol–water partition coefficient (Wildman–Crippen LogP) is 0.880. The lowest BCUT2D eigenvalue weighted by Gasteiger charge is -2.39. The minimum Gasteiger partial charge on any atom is -0.312 e. The summed E-state index contributed by atoms with van der Waals surface area (Å²) in [5.74, 6) is 0.797. The Morgan fingerprint density at radius 1 is 1.22 bits per heavy atom. The van der Waals surface area contributed by atoms with E-state index in [2.05, 4.69) is 40.5 Å². The van der Waals surface area contributed by atoms with Gasteiger partial charge in [-0.25, -0.2) is 5.43 Å². The van der Waals surface area contributed by atoms with Crippen LogP contribution in [0.2, 0.25) is 0 Å². The molecule has 1 amide bonds. The highest BCUT2D eigenvalue weighted by Crippen LogP contribution is 2.30. The van der Waals surface area contributed by atoms with Gasteiger partial charge in [-0.05, 0) is 31.6 Å². The monoisotopic (exact) mass is 247 g/mol. The molecule has 2 aliphatic heterocycles. The van der Waals surface area contributed by atoms with Crippen molar-refractivity contribution in [1.29, 1.82) is 0 Å². The number of carbonyl (C=O) groups is 1. The molecule has 4 nitrogen and oxygen atoms in total. The summed E-state index contributed by atoms with van der Waals surface area (Å²) >= 11 is 0. The van der Waals surface area contributed by atoms with Crippen molar-refractivity contribution in [2.45, 2.75) is 37.8 Å². The summed E-state index contributed by atoms with van der Waals surface area (Å²) in [6.45, 7) is 0.800. The van der Waals surface area contributed by atoms with E-state index in [0.29, 0.717) is 18.0 Å². The topological polar surface area (TPSA) is 53.2 Å². The number of allylic oxidation sites excluding steroid dienone is 3. The molecule has 0 radical (unpaired) electrons. The van der Waals surface area contributed by atoms with Gasteiger partial charge in [-0.3, -0.25) is 10.2 Å². The van der Waals surface area contributed by atoms with Gasteiger partial charge in [-0.1, -0.05) is 24.3 Å². The number of rotatable bonds is 0. The lowest BCUT2D eigenvalue weighted by atomic mass is 9.76. The molecule has 4 atom stereocenters. The summed E-state index contributed by atoms with van der Waals surface area (Å²) in [6.07, 6.45) is 13.3. The molecule has 0 saturated carbocycles. The quantitative estimate of drug-likeness (QED) is 0.595. The highest BCUT2D eigenvalue weighted by atomic mass is 16.2. The summed E-state index contributed by atoms with van der Waals surface area (Å²) in [4.78, 5) is 11.7. The van der Waals surface area contributed by atoms with Gasteiger partial charge in [0.2, 0.25) is 5.91 Å². The minimum atomic E-state index is 0.105. The van der Waals surface area contributed by atoms with Gasteiger partial charge in [0.15, 0.2) is 0 Å². The number of amides is 1. The lowest BCUT2D eigenvalue weighted by Crippen LogP contribution is -2.56. The van der Waals surface area contributed by atoms with Crippen molar-refractivity contribution < 1.29 is 4.79 Å². The Hall–Kier alpha value is -1.13. The molecule has 4 heteroatoms.